The lowest BCUT2D eigenvalue weighted by molar-refractivity contribution is 0.323. The summed E-state index contributed by atoms with van der Waals surface area (Å²) in [5.41, 5.74) is 9.79. The number of rotatable bonds is 6. The molecule has 0 aliphatic carbocycles. The van der Waals surface area contributed by atoms with Gasteiger partial charge in [0.25, 0.3) is 0 Å². The van der Waals surface area contributed by atoms with Crippen molar-refractivity contribution in [2.24, 2.45) is 5.73 Å². The number of nitrogens with two attached hydrogens (primary N) is 1. The fraction of sp³-hybridized carbons (Fsp3) is 0.600. The number of hydrogen-bond acceptors (Lipinski definition) is 2. The van der Waals surface area contributed by atoms with E-state index in [0.717, 1.165) is 26.1 Å². The Bertz CT molecular complexity index is 345. The molecule has 0 spiro atoms. The maximum Gasteiger partial charge on any atom is 0.0233 e. The van der Waals surface area contributed by atoms with Crippen LogP contribution in [0.2, 0.25) is 0 Å². The lowest BCUT2D eigenvalue weighted by Gasteiger charge is -2.19. The lowest BCUT2D eigenvalue weighted by Crippen LogP contribution is -2.21. The van der Waals surface area contributed by atoms with Crippen molar-refractivity contribution in [2.45, 2.75) is 39.7 Å². The third kappa shape index (κ3) is 4.49. The molecule has 1 aromatic carbocycles. The van der Waals surface area contributed by atoms with Crippen molar-refractivity contribution in [3.05, 3.63) is 34.9 Å². The molecule has 0 fully saturated rings. The Hall–Kier alpha value is -0.860. The molecule has 2 nitrogen and oxygen atoms in total. The first kappa shape index (κ1) is 14.2. The van der Waals surface area contributed by atoms with E-state index in [-0.39, 0.29) is 0 Å². The van der Waals surface area contributed by atoms with Crippen LogP contribution < -0.4 is 5.73 Å². The van der Waals surface area contributed by atoms with E-state index in [1.54, 1.807) is 0 Å². The molecule has 0 aromatic heterocycles. The van der Waals surface area contributed by atoms with Crippen LogP contribution in [0, 0.1) is 6.92 Å². The summed E-state index contributed by atoms with van der Waals surface area (Å²) in [6.07, 6.45) is 1.07. The summed E-state index contributed by atoms with van der Waals surface area (Å²) < 4.78 is 0. The van der Waals surface area contributed by atoms with E-state index < -0.39 is 0 Å². The zero-order chi connectivity index (χ0) is 12.8. The molecule has 0 amide bonds. The number of nitrogens with zero attached hydrogens (tertiary/aromatic N) is 1. The van der Waals surface area contributed by atoms with Crippen LogP contribution in [0.4, 0.5) is 0 Å². The molecule has 96 valence electrons. The number of benzene rings is 1. The van der Waals surface area contributed by atoms with Gasteiger partial charge < -0.3 is 10.6 Å². The Morgan fingerprint density at radius 2 is 2.00 bits per heavy atom. The highest BCUT2D eigenvalue weighted by Crippen LogP contribution is 2.19. The van der Waals surface area contributed by atoms with Crippen molar-refractivity contribution in [1.82, 2.24) is 4.90 Å². The molecule has 0 radical (unpaired) electrons. The largest absolute Gasteiger partial charge is 0.330 e. The monoisotopic (exact) mass is 234 g/mol. The van der Waals surface area contributed by atoms with Gasteiger partial charge in [-0.15, -0.1) is 0 Å². The highest BCUT2D eigenvalue weighted by Gasteiger charge is 2.06. The van der Waals surface area contributed by atoms with E-state index in [4.69, 9.17) is 5.73 Å². The number of hydrogen-bond donors (Lipinski definition) is 1. The zero-order valence-electron chi connectivity index (χ0n) is 11.7. The molecule has 0 aliphatic heterocycles. The van der Waals surface area contributed by atoms with E-state index in [1.165, 1.54) is 16.7 Å². The topological polar surface area (TPSA) is 29.3 Å². The van der Waals surface area contributed by atoms with Gasteiger partial charge in [0, 0.05) is 6.54 Å². The first-order valence-electron chi connectivity index (χ1n) is 6.52. The van der Waals surface area contributed by atoms with Crippen LogP contribution in [0.15, 0.2) is 18.2 Å². The summed E-state index contributed by atoms with van der Waals surface area (Å²) in [5, 5.41) is 0. The molecule has 0 heterocycles. The van der Waals surface area contributed by atoms with Gasteiger partial charge in [0.2, 0.25) is 0 Å². The standard InChI is InChI=1S/C15H26N2/c1-12(2)14-7-6-13(3)15(10-14)11-17(4)9-5-8-16/h6-7,10,12H,5,8-9,11,16H2,1-4H3. The Morgan fingerprint density at radius 1 is 1.29 bits per heavy atom. The molecule has 1 aromatic rings. The molecule has 0 unspecified atom stereocenters. The van der Waals surface area contributed by atoms with Gasteiger partial charge in [-0.1, -0.05) is 32.0 Å². The summed E-state index contributed by atoms with van der Waals surface area (Å²) >= 11 is 0. The molecule has 0 atom stereocenters. The van der Waals surface area contributed by atoms with Crippen LogP contribution in [0.1, 0.15) is 42.9 Å². The molecule has 0 saturated carbocycles. The molecule has 0 bridgehead atoms. The second-order valence-electron chi connectivity index (χ2n) is 5.22. The van der Waals surface area contributed by atoms with Crippen molar-refractivity contribution < 1.29 is 0 Å². The maximum absolute atomic E-state index is 5.54. The Balaban J connectivity index is 2.72. The Labute approximate surface area is 106 Å². The third-order valence-corrected chi connectivity index (χ3v) is 3.22. The highest BCUT2D eigenvalue weighted by molar-refractivity contribution is 5.32. The van der Waals surface area contributed by atoms with Crippen LogP contribution in [0.25, 0.3) is 0 Å². The van der Waals surface area contributed by atoms with E-state index in [2.05, 4.69) is 50.9 Å². The van der Waals surface area contributed by atoms with Crippen LogP contribution in [0.3, 0.4) is 0 Å². The molecule has 0 saturated heterocycles. The lowest BCUT2D eigenvalue weighted by atomic mass is 9.97. The molecule has 1 rings (SSSR count). The zero-order valence-corrected chi connectivity index (χ0v) is 11.7. The summed E-state index contributed by atoms with van der Waals surface area (Å²) in [6.45, 7) is 9.54. The summed E-state index contributed by atoms with van der Waals surface area (Å²) in [7, 11) is 2.16. The molecular formula is C15H26N2. The van der Waals surface area contributed by atoms with E-state index in [9.17, 15) is 0 Å². The summed E-state index contributed by atoms with van der Waals surface area (Å²) in [4.78, 5) is 2.35. The maximum atomic E-state index is 5.54. The fourth-order valence-electron chi connectivity index (χ4n) is 1.95. The normalized spacial score (nSPS) is 11.5. The van der Waals surface area contributed by atoms with Crippen molar-refractivity contribution in [1.29, 1.82) is 0 Å². The van der Waals surface area contributed by atoms with Gasteiger partial charge in [0.1, 0.15) is 0 Å². The van der Waals surface area contributed by atoms with E-state index in [1.807, 2.05) is 0 Å². The first-order valence-corrected chi connectivity index (χ1v) is 6.52. The van der Waals surface area contributed by atoms with Gasteiger partial charge in [-0.2, -0.15) is 0 Å². The van der Waals surface area contributed by atoms with Crippen molar-refractivity contribution in [3.8, 4) is 0 Å². The Morgan fingerprint density at radius 3 is 2.59 bits per heavy atom. The predicted molar refractivity (Wildman–Crippen MR) is 75.3 cm³/mol. The Kier molecular flexibility index (Phi) is 5.66. The van der Waals surface area contributed by atoms with Gasteiger partial charge in [-0.3, -0.25) is 0 Å². The van der Waals surface area contributed by atoms with Gasteiger partial charge in [0.05, 0.1) is 0 Å². The average Bonchev–Trinajstić information content (AvgIpc) is 2.29. The SMILES string of the molecule is Cc1ccc(C(C)C)cc1CN(C)CCCN. The van der Waals surface area contributed by atoms with E-state index >= 15 is 0 Å². The highest BCUT2D eigenvalue weighted by atomic mass is 15.1. The molecular weight excluding hydrogens is 208 g/mol. The second kappa shape index (κ2) is 6.77. The first-order chi connectivity index (χ1) is 8.04. The van der Waals surface area contributed by atoms with Gasteiger partial charge >= 0.3 is 0 Å². The average molecular weight is 234 g/mol. The smallest absolute Gasteiger partial charge is 0.0233 e. The molecule has 2 heteroatoms. The van der Waals surface area contributed by atoms with Gasteiger partial charge in [-0.25, -0.2) is 0 Å². The second-order valence-corrected chi connectivity index (χ2v) is 5.22. The van der Waals surface area contributed by atoms with Crippen LogP contribution in [-0.4, -0.2) is 25.0 Å². The van der Waals surface area contributed by atoms with Crippen molar-refractivity contribution in [3.63, 3.8) is 0 Å². The predicted octanol–water partition coefficient (Wildman–Crippen LogP) is 2.90. The van der Waals surface area contributed by atoms with E-state index in [0.29, 0.717) is 5.92 Å². The molecule has 17 heavy (non-hydrogen) atoms. The van der Waals surface area contributed by atoms with Crippen molar-refractivity contribution >= 4 is 0 Å². The fourth-order valence-corrected chi connectivity index (χ4v) is 1.95. The number of aryl methyl sites for hydroxylation is 1. The minimum atomic E-state index is 0.601. The summed E-state index contributed by atoms with van der Waals surface area (Å²) in [5.74, 6) is 0.601. The molecule has 0 aliphatic rings. The van der Waals surface area contributed by atoms with Crippen LogP contribution in [0.5, 0.6) is 0 Å². The minimum Gasteiger partial charge on any atom is -0.330 e. The molecule has 2 N–H and O–H groups in total. The quantitative estimate of drug-likeness (QED) is 0.820. The van der Waals surface area contributed by atoms with Crippen LogP contribution in [-0.2, 0) is 6.54 Å². The minimum absolute atomic E-state index is 0.601. The van der Waals surface area contributed by atoms with Crippen molar-refractivity contribution in [2.75, 3.05) is 20.1 Å². The van der Waals surface area contributed by atoms with Gasteiger partial charge in [-0.05, 0) is 56.1 Å². The van der Waals surface area contributed by atoms with Crippen LogP contribution >= 0.6 is 0 Å². The van der Waals surface area contributed by atoms with Gasteiger partial charge in [0.15, 0.2) is 0 Å². The summed E-state index contributed by atoms with van der Waals surface area (Å²) in [6, 6.07) is 6.82. The third-order valence-electron chi connectivity index (χ3n) is 3.22.